The summed E-state index contributed by atoms with van der Waals surface area (Å²) in [6, 6.07) is 0. The van der Waals surface area contributed by atoms with E-state index in [-0.39, 0.29) is 0 Å². The van der Waals surface area contributed by atoms with Gasteiger partial charge in [-0.05, 0) is 19.9 Å². The molecule has 50 valence electrons. The molecule has 0 amide bonds. The van der Waals surface area contributed by atoms with Crippen LogP contribution in [0.25, 0.3) is 0 Å². The van der Waals surface area contributed by atoms with Crippen molar-refractivity contribution in [2.75, 3.05) is 0 Å². The number of rotatable bonds is 2. The lowest BCUT2D eigenvalue weighted by molar-refractivity contribution is 1.39. The van der Waals surface area contributed by atoms with Crippen LogP contribution in [0, 0.1) is 0 Å². The molecule has 0 rings (SSSR count). The van der Waals surface area contributed by atoms with E-state index >= 15 is 0 Å². The Hall–Kier alpha value is -0.300. The zero-order valence-electron chi connectivity index (χ0n) is 5.82. The van der Waals surface area contributed by atoms with Gasteiger partial charge in [-0.15, -0.1) is 0 Å². The smallest absolute Gasteiger partial charge is 0.0169 e. The molecule has 0 aliphatic rings. The number of halogens is 1. The van der Waals surface area contributed by atoms with Gasteiger partial charge in [-0.2, -0.15) is 0 Å². The van der Waals surface area contributed by atoms with Crippen LogP contribution in [0.5, 0.6) is 0 Å². The summed E-state index contributed by atoms with van der Waals surface area (Å²) >= 11 is 3.30. The van der Waals surface area contributed by atoms with Crippen LogP contribution in [0.2, 0.25) is 0 Å². The average molecular weight is 187 g/mol. The van der Waals surface area contributed by atoms with E-state index in [1.807, 2.05) is 12.2 Å². The van der Waals surface area contributed by atoms with Crippen molar-refractivity contribution in [2.24, 2.45) is 0 Å². The first kappa shape index (κ1) is 8.70. The first-order valence-electron chi connectivity index (χ1n) is 2.80. The van der Waals surface area contributed by atoms with Crippen LogP contribution in [-0.2, 0) is 0 Å². The quantitative estimate of drug-likeness (QED) is 0.581. The van der Waals surface area contributed by atoms with E-state index in [1.54, 1.807) is 6.08 Å². The second-order valence-corrected chi connectivity index (χ2v) is 2.92. The molecule has 0 unspecified atom stereocenters. The predicted octanol–water partition coefficient (Wildman–Crippen LogP) is 3.42. The molecule has 1 heteroatoms. The maximum Gasteiger partial charge on any atom is 0.0169 e. The highest BCUT2D eigenvalue weighted by atomic mass is 79.9. The van der Waals surface area contributed by atoms with Gasteiger partial charge in [0.25, 0.3) is 0 Å². The lowest BCUT2D eigenvalue weighted by atomic mass is 10.3. The van der Waals surface area contributed by atoms with Crippen molar-refractivity contribution in [2.45, 2.75) is 13.8 Å². The first-order chi connectivity index (χ1) is 4.16. The van der Waals surface area contributed by atoms with Crippen molar-refractivity contribution in [3.8, 4) is 0 Å². The van der Waals surface area contributed by atoms with Crippen LogP contribution in [0.3, 0.4) is 0 Å². The molecule has 0 saturated carbocycles. The molecule has 0 aromatic rings. The van der Waals surface area contributed by atoms with Gasteiger partial charge in [-0.1, -0.05) is 40.2 Å². The van der Waals surface area contributed by atoms with Gasteiger partial charge in [0, 0.05) is 4.48 Å². The van der Waals surface area contributed by atoms with Crippen LogP contribution < -0.4 is 0 Å². The van der Waals surface area contributed by atoms with Crippen molar-refractivity contribution in [3.05, 3.63) is 34.9 Å². The summed E-state index contributed by atoms with van der Waals surface area (Å²) in [4.78, 5) is 0. The summed E-state index contributed by atoms with van der Waals surface area (Å²) in [5, 5.41) is 0. The van der Waals surface area contributed by atoms with E-state index in [0.29, 0.717) is 0 Å². The molecule has 0 heterocycles. The predicted molar refractivity (Wildman–Crippen MR) is 46.6 cm³/mol. The summed E-state index contributed by atoms with van der Waals surface area (Å²) in [6.45, 7) is 7.70. The molecule has 0 aromatic heterocycles. The van der Waals surface area contributed by atoms with E-state index in [9.17, 15) is 0 Å². The third kappa shape index (κ3) is 5.57. The first-order valence-corrected chi connectivity index (χ1v) is 3.59. The van der Waals surface area contributed by atoms with Gasteiger partial charge < -0.3 is 0 Å². The number of hydrogen-bond donors (Lipinski definition) is 0. The lowest BCUT2D eigenvalue weighted by Crippen LogP contribution is -1.61. The van der Waals surface area contributed by atoms with Gasteiger partial charge in [0.2, 0.25) is 0 Å². The van der Waals surface area contributed by atoms with Crippen molar-refractivity contribution >= 4 is 15.9 Å². The summed E-state index contributed by atoms with van der Waals surface area (Å²) < 4.78 is 1.02. The van der Waals surface area contributed by atoms with Gasteiger partial charge in [0.05, 0.1) is 0 Å². The topological polar surface area (TPSA) is 0 Å². The third-order valence-electron chi connectivity index (χ3n) is 0.771. The maximum atomic E-state index is 3.59. The lowest BCUT2D eigenvalue weighted by Gasteiger charge is -1.84. The van der Waals surface area contributed by atoms with E-state index < -0.39 is 0 Å². The van der Waals surface area contributed by atoms with Gasteiger partial charge >= 0.3 is 0 Å². The van der Waals surface area contributed by atoms with Crippen molar-refractivity contribution < 1.29 is 0 Å². The Bertz CT molecular complexity index is 148. The molecule has 0 radical (unpaired) electrons. The molecule has 0 aliphatic heterocycles. The fourth-order valence-corrected chi connectivity index (χ4v) is 0.446. The van der Waals surface area contributed by atoms with E-state index in [1.165, 1.54) is 5.57 Å². The fourth-order valence-electron chi connectivity index (χ4n) is 0.314. The van der Waals surface area contributed by atoms with Crippen molar-refractivity contribution in [1.82, 2.24) is 0 Å². The zero-order chi connectivity index (χ0) is 7.28. The Morgan fingerprint density at radius 3 is 2.22 bits per heavy atom. The Labute approximate surface area is 65.1 Å². The molecule has 0 bridgehead atoms. The highest BCUT2D eigenvalue weighted by Crippen LogP contribution is 2.05. The van der Waals surface area contributed by atoms with E-state index in [4.69, 9.17) is 0 Å². The Balaban J connectivity index is 3.98. The highest BCUT2D eigenvalue weighted by molar-refractivity contribution is 9.11. The molecular formula is C8H11Br. The monoisotopic (exact) mass is 186 g/mol. The van der Waals surface area contributed by atoms with Crippen LogP contribution in [0.4, 0.5) is 0 Å². The largest absolute Gasteiger partial charge is 0.0979 e. The second-order valence-electron chi connectivity index (χ2n) is 2.00. The van der Waals surface area contributed by atoms with Gasteiger partial charge in [0.15, 0.2) is 0 Å². The molecule has 0 aliphatic carbocycles. The molecule has 0 atom stereocenters. The normalized spacial score (nSPS) is 10.8. The Kier molecular flexibility index (Phi) is 4.41. The molecular weight excluding hydrogens is 176 g/mol. The maximum absolute atomic E-state index is 3.59. The van der Waals surface area contributed by atoms with E-state index in [0.717, 1.165) is 4.48 Å². The van der Waals surface area contributed by atoms with Crippen LogP contribution >= 0.6 is 15.9 Å². The minimum atomic E-state index is 1.02. The van der Waals surface area contributed by atoms with Gasteiger partial charge in [0.1, 0.15) is 0 Å². The molecule has 0 aromatic carbocycles. The van der Waals surface area contributed by atoms with E-state index in [2.05, 4.69) is 36.4 Å². The Morgan fingerprint density at radius 2 is 1.89 bits per heavy atom. The molecule has 0 spiro atoms. The highest BCUT2D eigenvalue weighted by Gasteiger charge is 1.76. The molecule has 0 saturated heterocycles. The molecule has 9 heavy (non-hydrogen) atoms. The van der Waals surface area contributed by atoms with Gasteiger partial charge in [-0.25, -0.2) is 0 Å². The summed E-state index contributed by atoms with van der Waals surface area (Å²) in [6.07, 6.45) is 5.77. The fraction of sp³-hybridized carbons (Fsp3) is 0.250. The SMILES string of the molecule is C=C/C(Br)=C\C=C(C)C. The summed E-state index contributed by atoms with van der Waals surface area (Å²) in [5.74, 6) is 0. The minimum absolute atomic E-state index is 1.02. The zero-order valence-corrected chi connectivity index (χ0v) is 7.40. The number of hydrogen-bond acceptors (Lipinski definition) is 0. The minimum Gasteiger partial charge on any atom is -0.0979 e. The molecule has 0 N–H and O–H groups in total. The third-order valence-corrected chi connectivity index (χ3v) is 1.36. The number of allylic oxidation sites excluding steroid dienone is 5. The van der Waals surface area contributed by atoms with Crippen LogP contribution in [0.15, 0.2) is 34.9 Å². The van der Waals surface area contributed by atoms with Crippen LogP contribution in [-0.4, -0.2) is 0 Å². The van der Waals surface area contributed by atoms with Crippen LogP contribution in [0.1, 0.15) is 13.8 Å². The summed E-state index contributed by atoms with van der Waals surface area (Å²) in [7, 11) is 0. The summed E-state index contributed by atoms with van der Waals surface area (Å²) in [5.41, 5.74) is 1.29. The van der Waals surface area contributed by atoms with Crippen molar-refractivity contribution in [3.63, 3.8) is 0 Å². The standard InChI is InChI=1S/C8H11Br/c1-4-8(9)6-5-7(2)3/h4-6H,1H2,2-3H3/b8-6+. The van der Waals surface area contributed by atoms with Crippen molar-refractivity contribution in [1.29, 1.82) is 0 Å². The van der Waals surface area contributed by atoms with Gasteiger partial charge in [-0.3, -0.25) is 0 Å². The molecule has 0 nitrogen and oxygen atoms in total. The second kappa shape index (κ2) is 4.57. The Morgan fingerprint density at radius 1 is 1.33 bits per heavy atom. The molecule has 0 fully saturated rings. The average Bonchev–Trinajstić information content (AvgIpc) is 1.83.